The number of nitrogens with one attached hydrogen (secondary N) is 1. The number of likely N-dealkylation sites (N-methyl/N-ethyl adjacent to an activating group) is 1. The summed E-state index contributed by atoms with van der Waals surface area (Å²) in [4.78, 5) is 30.0. The lowest BCUT2D eigenvalue weighted by atomic mass is 9.91. The molecule has 1 fully saturated rings. The van der Waals surface area contributed by atoms with E-state index in [-0.39, 0.29) is 11.5 Å². The second-order valence-electron chi connectivity index (χ2n) is 8.41. The predicted molar refractivity (Wildman–Crippen MR) is 112 cm³/mol. The van der Waals surface area contributed by atoms with E-state index in [1.54, 1.807) is 0 Å². The van der Waals surface area contributed by atoms with Crippen molar-refractivity contribution in [2.45, 2.75) is 40.2 Å². The van der Waals surface area contributed by atoms with E-state index in [4.69, 9.17) is 0 Å². The second kappa shape index (κ2) is 7.95. The minimum absolute atomic E-state index is 0.0314. The lowest BCUT2D eigenvalue weighted by Crippen LogP contribution is -2.37. The quantitative estimate of drug-likeness (QED) is 0.862. The number of H-pyrrole nitrogens is 1. The van der Waals surface area contributed by atoms with E-state index < -0.39 is 0 Å². The van der Waals surface area contributed by atoms with Gasteiger partial charge >= 0.3 is 0 Å². The topological polar surface area (TPSA) is 61.3 Å². The fourth-order valence-electron chi connectivity index (χ4n) is 4.32. The molecule has 28 heavy (non-hydrogen) atoms. The van der Waals surface area contributed by atoms with Crippen LogP contribution in [0, 0.1) is 18.8 Å². The molecule has 0 bridgehead atoms. The highest BCUT2D eigenvalue weighted by Gasteiger charge is 2.38. The van der Waals surface area contributed by atoms with Gasteiger partial charge in [0.25, 0.3) is 11.5 Å². The molecule has 1 aromatic carbocycles. The number of likely N-dealkylation sites (tertiary alicyclic amines) is 1. The van der Waals surface area contributed by atoms with E-state index in [2.05, 4.69) is 37.9 Å². The Morgan fingerprint density at radius 2 is 2.00 bits per heavy atom. The summed E-state index contributed by atoms with van der Waals surface area (Å²) in [6, 6.07) is 7.72. The van der Waals surface area contributed by atoms with Crippen molar-refractivity contribution in [3.63, 3.8) is 0 Å². The first-order valence-corrected chi connectivity index (χ1v) is 10.1. The van der Waals surface area contributed by atoms with Gasteiger partial charge in [0.15, 0.2) is 0 Å². The van der Waals surface area contributed by atoms with Gasteiger partial charge in [-0.15, -0.1) is 0 Å². The monoisotopic (exact) mass is 384 g/mol. The summed E-state index contributed by atoms with van der Waals surface area (Å²) >= 11 is 0. The molecule has 2 heterocycles. The van der Waals surface area contributed by atoms with Crippen LogP contribution in [0.4, 0.5) is 0 Å². The number of nitrogens with zero attached hydrogens (tertiary/aromatic N) is 3. The molecule has 1 aliphatic heterocycles. The van der Waals surface area contributed by atoms with Crippen molar-refractivity contribution in [1.82, 2.24) is 19.6 Å². The van der Waals surface area contributed by atoms with Crippen molar-refractivity contribution in [3.05, 3.63) is 51.4 Å². The molecule has 152 valence electrons. The molecular formula is C22H32N4O2. The predicted octanol–water partition coefficient (Wildman–Crippen LogP) is 2.69. The van der Waals surface area contributed by atoms with Gasteiger partial charge < -0.3 is 9.80 Å². The molecule has 1 saturated heterocycles. The van der Waals surface area contributed by atoms with Crippen LogP contribution in [0.25, 0.3) is 5.69 Å². The molecule has 1 amide bonds. The first-order chi connectivity index (χ1) is 13.2. The molecule has 0 unspecified atom stereocenters. The summed E-state index contributed by atoms with van der Waals surface area (Å²) in [5.41, 5.74) is 2.93. The van der Waals surface area contributed by atoms with Crippen LogP contribution in [0.1, 0.15) is 42.4 Å². The van der Waals surface area contributed by atoms with Crippen LogP contribution in [0.5, 0.6) is 0 Å². The van der Waals surface area contributed by atoms with Gasteiger partial charge in [-0.05, 0) is 57.5 Å². The van der Waals surface area contributed by atoms with Crippen LogP contribution in [0.2, 0.25) is 0 Å². The maximum absolute atomic E-state index is 13.2. The van der Waals surface area contributed by atoms with Gasteiger partial charge in [-0.25, -0.2) is 4.68 Å². The lowest BCUT2D eigenvalue weighted by Gasteiger charge is -2.27. The zero-order valence-electron chi connectivity index (χ0n) is 17.8. The smallest absolute Gasteiger partial charge is 0.274 e. The van der Waals surface area contributed by atoms with Crippen molar-refractivity contribution in [3.8, 4) is 5.69 Å². The Balaban J connectivity index is 1.89. The minimum atomic E-state index is -0.0432. The van der Waals surface area contributed by atoms with Crippen LogP contribution in [-0.4, -0.2) is 58.7 Å². The fraction of sp³-hybridized carbons (Fsp3) is 0.545. The molecule has 6 nitrogen and oxygen atoms in total. The van der Waals surface area contributed by atoms with Gasteiger partial charge in [0, 0.05) is 36.0 Å². The van der Waals surface area contributed by atoms with Crippen LogP contribution in [0.3, 0.4) is 0 Å². The molecule has 1 aromatic heterocycles. The normalized spacial score (nSPS) is 19.8. The largest absolute Gasteiger partial charge is 0.337 e. The summed E-state index contributed by atoms with van der Waals surface area (Å²) in [5, 5.41) is 3.13. The third kappa shape index (κ3) is 3.65. The molecule has 0 spiro atoms. The number of aromatic nitrogens is 2. The van der Waals surface area contributed by atoms with E-state index in [0.717, 1.165) is 24.3 Å². The van der Waals surface area contributed by atoms with Crippen molar-refractivity contribution in [2.75, 3.05) is 27.2 Å². The molecule has 1 aliphatic rings. The summed E-state index contributed by atoms with van der Waals surface area (Å²) < 4.78 is 1.54. The van der Waals surface area contributed by atoms with Gasteiger partial charge in [-0.1, -0.05) is 26.8 Å². The molecule has 2 aromatic rings. The fourth-order valence-corrected chi connectivity index (χ4v) is 4.32. The first-order valence-electron chi connectivity index (χ1n) is 10.1. The van der Waals surface area contributed by atoms with Crippen LogP contribution in [0.15, 0.2) is 29.1 Å². The van der Waals surface area contributed by atoms with Crippen LogP contribution < -0.4 is 5.56 Å². The van der Waals surface area contributed by atoms with E-state index in [1.807, 2.05) is 43.0 Å². The summed E-state index contributed by atoms with van der Waals surface area (Å²) in [6.45, 7) is 9.83. The van der Waals surface area contributed by atoms with Gasteiger partial charge in [0.2, 0.25) is 0 Å². The maximum atomic E-state index is 13.2. The third-order valence-electron chi connectivity index (χ3n) is 6.04. The van der Waals surface area contributed by atoms with Gasteiger partial charge in [0.1, 0.15) is 0 Å². The Labute approximate surface area is 167 Å². The Kier molecular flexibility index (Phi) is 5.79. The number of carbonyl (C=O) groups is 1. The lowest BCUT2D eigenvalue weighted by molar-refractivity contribution is 0.0779. The summed E-state index contributed by atoms with van der Waals surface area (Å²) in [5.74, 6) is 1.01. The number of benzene rings is 1. The van der Waals surface area contributed by atoms with Gasteiger partial charge in [0.05, 0.1) is 5.69 Å². The number of hydrogen-bond acceptors (Lipinski definition) is 3. The number of carbonyl (C=O) groups excluding carboxylic acids is 1. The molecule has 0 aliphatic carbocycles. The Morgan fingerprint density at radius 3 is 2.54 bits per heavy atom. The molecule has 0 radical (unpaired) electrons. The minimum Gasteiger partial charge on any atom is -0.337 e. The SMILES string of the molecule is CCc1c(C)[nH]n(-c2cccc(C(=O)N3C[C@@H](N(C)C)[C@H](C(C)C)C3)c2)c1=O. The Morgan fingerprint density at radius 1 is 1.29 bits per heavy atom. The number of rotatable bonds is 5. The number of hydrogen-bond donors (Lipinski definition) is 1. The highest BCUT2D eigenvalue weighted by atomic mass is 16.2. The molecule has 2 atom stereocenters. The van der Waals surface area contributed by atoms with Crippen molar-refractivity contribution >= 4 is 5.91 Å². The van der Waals surface area contributed by atoms with Crippen molar-refractivity contribution < 1.29 is 4.79 Å². The number of aryl methyl sites for hydroxylation is 1. The van der Waals surface area contributed by atoms with Crippen molar-refractivity contribution in [1.29, 1.82) is 0 Å². The summed E-state index contributed by atoms with van der Waals surface area (Å²) in [6.07, 6.45) is 0.684. The first kappa shape index (κ1) is 20.4. The number of aromatic amines is 1. The van der Waals surface area contributed by atoms with E-state index in [0.29, 0.717) is 35.5 Å². The summed E-state index contributed by atoms with van der Waals surface area (Å²) in [7, 11) is 4.17. The number of amides is 1. The average molecular weight is 385 g/mol. The average Bonchev–Trinajstić information content (AvgIpc) is 3.23. The molecular weight excluding hydrogens is 352 g/mol. The van der Waals surface area contributed by atoms with E-state index in [1.165, 1.54) is 4.68 Å². The standard InChI is InChI=1S/C22H32N4O2/c1-7-18-15(4)23-26(22(18)28)17-10-8-9-16(11-17)21(27)25-12-19(14(2)3)20(13-25)24(5)6/h8-11,14,19-20,23H,7,12-13H2,1-6H3/t19-,20+/m0/s1. The van der Waals surface area contributed by atoms with E-state index in [9.17, 15) is 9.59 Å². The van der Waals surface area contributed by atoms with Crippen LogP contribution >= 0.6 is 0 Å². The zero-order valence-corrected chi connectivity index (χ0v) is 17.8. The van der Waals surface area contributed by atoms with Crippen LogP contribution in [-0.2, 0) is 6.42 Å². The maximum Gasteiger partial charge on any atom is 0.274 e. The Hall–Kier alpha value is -2.34. The molecule has 1 N–H and O–H groups in total. The van der Waals surface area contributed by atoms with Gasteiger partial charge in [-0.2, -0.15) is 0 Å². The highest BCUT2D eigenvalue weighted by Crippen LogP contribution is 2.28. The molecule has 0 saturated carbocycles. The van der Waals surface area contributed by atoms with Gasteiger partial charge in [-0.3, -0.25) is 14.7 Å². The van der Waals surface area contributed by atoms with E-state index >= 15 is 0 Å². The molecule has 6 heteroatoms. The van der Waals surface area contributed by atoms with Crippen molar-refractivity contribution in [2.24, 2.45) is 11.8 Å². The Bertz CT molecular complexity index is 894. The zero-order chi connectivity index (χ0) is 20.6. The second-order valence-corrected chi connectivity index (χ2v) is 8.41. The highest BCUT2D eigenvalue weighted by molar-refractivity contribution is 5.95. The third-order valence-corrected chi connectivity index (χ3v) is 6.04. The molecule has 3 rings (SSSR count).